The molecule has 0 saturated carbocycles. The number of nitrogens with zero attached hydrogens (tertiary/aromatic N) is 3. The smallest absolute Gasteiger partial charge is 0.344 e. The van der Waals surface area contributed by atoms with Gasteiger partial charge in [0.2, 0.25) is 0 Å². The topological polar surface area (TPSA) is 102 Å². The van der Waals surface area contributed by atoms with Gasteiger partial charge < -0.3 is 10.1 Å². The number of carbonyl (C=O) groups excluding carboxylic acids is 1. The Balaban J connectivity index is 1.51. The minimum Gasteiger partial charge on any atom is -0.462 e. The van der Waals surface area contributed by atoms with Crippen LogP contribution in [0.15, 0.2) is 59.5 Å². The summed E-state index contributed by atoms with van der Waals surface area (Å²) in [5, 5.41) is 7.82. The second-order valence-electron chi connectivity index (χ2n) is 7.91. The van der Waals surface area contributed by atoms with Crippen molar-refractivity contribution in [3.63, 3.8) is 0 Å². The van der Waals surface area contributed by atoms with Gasteiger partial charge in [0.15, 0.2) is 11.6 Å². The van der Waals surface area contributed by atoms with Crippen LogP contribution in [0.3, 0.4) is 0 Å². The minimum absolute atomic E-state index is 0.0984. The van der Waals surface area contributed by atoms with Gasteiger partial charge in [0.1, 0.15) is 5.56 Å². The molecule has 0 saturated heterocycles. The standard InChI is InChI=1S/C25H27N5O3S/c1-4-18(26-22-21(15-30(3)28-22)24(31)33-5-2)14-16-10-12-17(13-11-16)19-8-6-7-9-20(19)23-27-25(32)34-29-23/h6-13,15,18H,4-5,14H2,1-3H3,(H,26,28)(H,27,29,32). The van der Waals surface area contributed by atoms with E-state index >= 15 is 0 Å². The molecule has 1 unspecified atom stereocenters. The van der Waals surface area contributed by atoms with Crippen LogP contribution in [0, 0.1) is 0 Å². The average Bonchev–Trinajstić information content (AvgIpc) is 3.44. The fraction of sp³-hybridized carbons (Fsp3) is 0.280. The molecule has 8 nitrogen and oxygen atoms in total. The monoisotopic (exact) mass is 477 g/mol. The van der Waals surface area contributed by atoms with E-state index in [4.69, 9.17) is 4.74 Å². The lowest BCUT2D eigenvalue weighted by molar-refractivity contribution is 0.0527. The van der Waals surface area contributed by atoms with E-state index in [-0.39, 0.29) is 16.9 Å². The van der Waals surface area contributed by atoms with E-state index < -0.39 is 0 Å². The lowest BCUT2D eigenvalue weighted by Crippen LogP contribution is -2.23. The van der Waals surface area contributed by atoms with Crippen molar-refractivity contribution in [2.75, 3.05) is 11.9 Å². The number of benzene rings is 2. The van der Waals surface area contributed by atoms with Crippen LogP contribution < -0.4 is 10.2 Å². The Morgan fingerprint density at radius 3 is 2.53 bits per heavy atom. The molecule has 2 N–H and O–H groups in total. The molecule has 0 fully saturated rings. The first kappa shape index (κ1) is 23.4. The Morgan fingerprint density at radius 2 is 1.88 bits per heavy atom. The van der Waals surface area contributed by atoms with E-state index in [9.17, 15) is 9.59 Å². The van der Waals surface area contributed by atoms with Gasteiger partial charge in [-0.3, -0.25) is 13.8 Å². The number of hydrogen-bond acceptors (Lipinski definition) is 7. The summed E-state index contributed by atoms with van der Waals surface area (Å²) in [5.74, 6) is 0.741. The van der Waals surface area contributed by atoms with E-state index in [0.717, 1.165) is 46.6 Å². The van der Waals surface area contributed by atoms with Crippen LogP contribution in [-0.4, -0.2) is 37.8 Å². The fourth-order valence-electron chi connectivity index (χ4n) is 3.83. The van der Waals surface area contributed by atoms with Gasteiger partial charge in [-0.05, 0) is 36.5 Å². The molecule has 4 rings (SSSR count). The molecule has 34 heavy (non-hydrogen) atoms. The summed E-state index contributed by atoms with van der Waals surface area (Å²) in [4.78, 5) is 27.6. The van der Waals surface area contributed by atoms with E-state index in [1.54, 1.807) is 24.9 Å². The van der Waals surface area contributed by atoms with Crippen LogP contribution in [0.25, 0.3) is 22.5 Å². The third-order valence-electron chi connectivity index (χ3n) is 5.53. The van der Waals surface area contributed by atoms with Crippen molar-refractivity contribution < 1.29 is 9.53 Å². The predicted molar refractivity (Wildman–Crippen MR) is 134 cm³/mol. The zero-order chi connectivity index (χ0) is 24.1. The van der Waals surface area contributed by atoms with Gasteiger partial charge in [-0.25, -0.2) is 4.79 Å². The van der Waals surface area contributed by atoms with E-state index in [1.165, 1.54) is 0 Å². The molecule has 176 valence electrons. The highest BCUT2D eigenvalue weighted by molar-refractivity contribution is 7.03. The highest BCUT2D eigenvalue weighted by Gasteiger charge is 2.19. The van der Waals surface area contributed by atoms with Crippen LogP contribution in [0.5, 0.6) is 0 Å². The first-order valence-corrected chi connectivity index (χ1v) is 12.0. The third kappa shape index (κ3) is 5.26. The Bertz CT molecular complexity index is 1320. The van der Waals surface area contributed by atoms with Gasteiger partial charge in [-0.15, -0.1) is 0 Å². The van der Waals surface area contributed by atoms with Crippen molar-refractivity contribution in [1.29, 1.82) is 0 Å². The second kappa shape index (κ2) is 10.5. The molecule has 0 aliphatic rings. The van der Waals surface area contributed by atoms with E-state index in [0.29, 0.717) is 23.8 Å². The van der Waals surface area contributed by atoms with E-state index in [2.05, 4.69) is 51.0 Å². The Kier molecular flexibility index (Phi) is 7.22. The maximum atomic E-state index is 12.3. The zero-order valence-electron chi connectivity index (χ0n) is 19.4. The molecule has 2 aromatic carbocycles. The molecule has 1 atom stereocenters. The molecule has 0 aliphatic carbocycles. The first-order valence-electron chi connectivity index (χ1n) is 11.2. The van der Waals surface area contributed by atoms with Crippen molar-refractivity contribution in [3.8, 4) is 22.5 Å². The van der Waals surface area contributed by atoms with Crippen molar-refractivity contribution in [2.45, 2.75) is 32.7 Å². The van der Waals surface area contributed by atoms with Crippen molar-refractivity contribution in [1.82, 2.24) is 19.1 Å². The highest BCUT2D eigenvalue weighted by atomic mass is 32.1. The summed E-state index contributed by atoms with van der Waals surface area (Å²) in [6, 6.07) is 16.4. The fourth-order valence-corrected chi connectivity index (χ4v) is 4.31. The number of nitrogens with one attached hydrogen (secondary N) is 2. The number of H-pyrrole nitrogens is 1. The number of rotatable bonds is 9. The third-order valence-corrected chi connectivity index (χ3v) is 6.09. The van der Waals surface area contributed by atoms with Crippen molar-refractivity contribution in [2.24, 2.45) is 7.05 Å². The summed E-state index contributed by atoms with van der Waals surface area (Å²) in [7, 11) is 1.78. The van der Waals surface area contributed by atoms with Gasteiger partial charge in [0.25, 0.3) is 0 Å². The maximum Gasteiger partial charge on any atom is 0.344 e. The SMILES string of the molecule is CCOC(=O)c1cn(C)nc1NC(CC)Cc1ccc(-c2ccccc2-c2nc(=O)s[nH]2)cc1. The summed E-state index contributed by atoms with van der Waals surface area (Å²) in [5.41, 5.74) is 4.55. The summed E-state index contributed by atoms with van der Waals surface area (Å²) < 4.78 is 9.76. The van der Waals surface area contributed by atoms with Gasteiger partial charge in [0.05, 0.1) is 6.61 Å². The van der Waals surface area contributed by atoms with Gasteiger partial charge in [-0.1, -0.05) is 55.5 Å². The normalized spacial score (nSPS) is 11.9. The number of aryl methyl sites for hydroxylation is 1. The van der Waals surface area contributed by atoms with Crippen LogP contribution in [0.2, 0.25) is 0 Å². The Morgan fingerprint density at radius 1 is 1.15 bits per heavy atom. The number of carbonyl (C=O) groups is 1. The van der Waals surface area contributed by atoms with E-state index in [1.807, 2.05) is 24.3 Å². The van der Waals surface area contributed by atoms with Gasteiger partial charge >= 0.3 is 10.8 Å². The Hall–Kier alpha value is -3.72. The number of hydrogen-bond donors (Lipinski definition) is 2. The molecule has 0 amide bonds. The summed E-state index contributed by atoms with van der Waals surface area (Å²) in [6.07, 6.45) is 3.31. The molecule has 0 spiro atoms. The highest BCUT2D eigenvalue weighted by Crippen LogP contribution is 2.30. The predicted octanol–water partition coefficient (Wildman–Crippen LogP) is 4.51. The second-order valence-corrected chi connectivity index (χ2v) is 8.67. The molecule has 2 aromatic heterocycles. The first-order chi connectivity index (χ1) is 16.5. The Labute approximate surface area is 201 Å². The van der Waals surface area contributed by atoms with Gasteiger partial charge in [0, 0.05) is 36.4 Å². The summed E-state index contributed by atoms with van der Waals surface area (Å²) >= 11 is 0.988. The molecule has 4 aromatic rings. The number of aromatic nitrogens is 4. The number of esters is 1. The minimum atomic E-state index is -0.377. The van der Waals surface area contributed by atoms with Crippen molar-refractivity contribution >= 4 is 23.3 Å². The number of ether oxygens (including phenoxy) is 1. The van der Waals surface area contributed by atoms with Crippen LogP contribution in [0.4, 0.5) is 5.82 Å². The van der Waals surface area contributed by atoms with Crippen molar-refractivity contribution in [3.05, 3.63) is 75.5 Å². The van der Waals surface area contributed by atoms with Crippen LogP contribution in [-0.2, 0) is 18.2 Å². The average molecular weight is 478 g/mol. The quantitative estimate of drug-likeness (QED) is 0.344. The zero-order valence-corrected chi connectivity index (χ0v) is 20.2. The lowest BCUT2D eigenvalue weighted by Gasteiger charge is -2.18. The molecular weight excluding hydrogens is 450 g/mol. The lowest BCUT2D eigenvalue weighted by atomic mass is 9.96. The summed E-state index contributed by atoms with van der Waals surface area (Å²) in [6.45, 7) is 4.21. The molecular formula is C25H27N5O3S. The molecule has 0 bridgehead atoms. The maximum absolute atomic E-state index is 12.3. The molecule has 0 aliphatic heterocycles. The van der Waals surface area contributed by atoms with Gasteiger partial charge in [-0.2, -0.15) is 10.1 Å². The number of anilines is 1. The van der Waals surface area contributed by atoms with Crippen LogP contribution >= 0.6 is 11.5 Å². The molecule has 0 radical (unpaired) electrons. The molecule has 9 heteroatoms. The molecule has 2 heterocycles. The largest absolute Gasteiger partial charge is 0.462 e. The van der Waals surface area contributed by atoms with Crippen LogP contribution in [0.1, 0.15) is 36.2 Å². The number of aromatic amines is 1.